The molecule has 0 spiro atoms. The standard InChI is InChI=1S/C26H25N3O5/c1-2-3-4-22-27-21-13-14-28(15-17-5-9-19(10-6-17)25(31)32)24(30)23(21)29(22)16-18-7-11-20(12-8-18)26(33)34/h5-14H,2-4,15-16H2,1H3,(H,31,32)(H,33,34). The van der Waals surface area contributed by atoms with Crippen LogP contribution in [-0.2, 0) is 19.5 Å². The molecule has 0 saturated heterocycles. The van der Waals surface area contributed by atoms with Crippen molar-refractivity contribution in [1.29, 1.82) is 0 Å². The van der Waals surface area contributed by atoms with Crippen LogP contribution in [0.15, 0.2) is 65.6 Å². The molecule has 34 heavy (non-hydrogen) atoms. The number of rotatable bonds is 9. The third kappa shape index (κ3) is 4.76. The number of carboxylic acids is 2. The summed E-state index contributed by atoms with van der Waals surface area (Å²) in [5, 5.41) is 18.2. The van der Waals surface area contributed by atoms with Gasteiger partial charge in [-0.3, -0.25) is 4.79 Å². The Hall–Kier alpha value is -4.20. The van der Waals surface area contributed by atoms with E-state index in [4.69, 9.17) is 15.2 Å². The summed E-state index contributed by atoms with van der Waals surface area (Å²) < 4.78 is 3.51. The third-order valence-corrected chi connectivity index (χ3v) is 5.80. The van der Waals surface area contributed by atoms with Crippen LogP contribution >= 0.6 is 0 Å². The molecule has 0 aliphatic rings. The zero-order chi connectivity index (χ0) is 24.2. The maximum Gasteiger partial charge on any atom is 0.335 e. The van der Waals surface area contributed by atoms with Crippen LogP contribution in [0.1, 0.15) is 57.4 Å². The van der Waals surface area contributed by atoms with E-state index in [9.17, 15) is 14.4 Å². The number of aromatic carboxylic acids is 2. The van der Waals surface area contributed by atoms with E-state index in [1.165, 1.54) is 12.1 Å². The maximum absolute atomic E-state index is 13.5. The first-order valence-electron chi connectivity index (χ1n) is 11.1. The molecule has 2 heterocycles. The van der Waals surface area contributed by atoms with Crippen LogP contribution in [0.5, 0.6) is 0 Å². The lowest BCUT2D eigenvalue weighted by Crippen LogP contribution is -2.22. The molecule has 4 aromatic rings. The molecule has 0 aliphatic carbocycles. The van der Waals surface area contributed by atoms with E-state index >= 15 is 0 Å². The molecule has 0 atom stereocenters. The number of hydrogen-bond donors (Lipinski definition) is 2. The molecular formula is C26H25N3O5. The summed E-state index contributed by atoms with van der Waals surface area (Å²) in [5.41, 5.74) is 3.03. The van der Waals surface area contributed by atoms with Gasteiger partial charge in [0.1, 0.15) is 11.3 Å². The van der Waals surface area contributed by atoms with Crippen molar-refractivity contribution in [2.45, 2.75) is 39.3 Å². The number of pyridine rings is 1. The number of carboxylic acid groups (broad SMARTS) is 2. The number of hydrogen-bond acceptors (Lipinski definition) is 4. The lowest BCUT2D eigenvalue weighted by Gasteiger charge is -2.11. The van der Waals surface area contributed by atoms with E-state index in [-0.39, 0.29) is 16.7 Å². The quantitative estimate of drug-likeness (QED) is 0.391. The smallest absolute Gasteiger partial charge is 0.335 e. The van der Waals surface area contributed by atoms with Gasteiger partial charge in [-0.05, 0) is 47.9 Å². The second-order valence-corrected chi connectivity index (χ2v) is 8.20. The molecule has 0 fully saturated rings. The predicted molar refractivity (Wildman–Crippen MR) is 128 cm³/mol. The minimum Gasteiger partial charge on any atom is -0.478 e. The van der Waals surface area contributed by atoms with Crippen molar-refractivity contribution in [1.82, 2.24) is 14.1 Å². The minimum atomic E-state index is -0.995. The van der Waals surface area contributed by atoms with Crippen LogP contribution in [-0.4, -0.2) is 36.3 Å². The Morgan fingerprint density at radius 1 is 0.853 bits per heavy atom. The molecule has 0 unspecified atom stereocenters. The van der Waals surface area contributed by atoms with E-state index in [1.54, 1.807) is 47.2 Å². The van der Waals surface area contributed by atoms with Crippen LogP contribution in [0.4, 0.5) is 0 Å². The van der Waals surface area contributed by atoms with Crippen LogP contribution in [0, 0.1) is 0 Å². The molecule has 0 aliphatic heterocycles. The van der Waals surface area contributed by atoms with E-state index in [1.807, 2.05) is 10.6 Å². The van der Waals surface area contributed by atoms with Crippen molar-refractivity contribution < 1.29 is 19.8 Å². The zero-order valence-corrected chi connectivity index (χ0v) is 18.8. The van der Waals surface area contributed by atoms with Crippen LogP contribution in [0.3, 0.4) is 0 Å². The topological polar surface area (TPSA) is 114 Å². The van der Waals surface area contributed by atoms with Gasteiger partial charge in [-0.25, -0.2) is 14.6 Å². The van der Waals surface area contributed by atoms with E-state index < -0.39 is 11.9 Å². The number of aromatic nitrogens is 3. The van der Waals surface area contributed by atoms with Crippen molar-refractivity contribution >= 4 is 23.0 Å². The molecule has 4 rings (SSSR count). The summed E-state index contributed by atoms with van der Waals surface area (Å²) in [4.78, 5) is 40.5. The molecule has 8 nitrogen and oxygen atoms in total. The van der Waals surface area contributed by atoms with Crippen molar-refractivity contribution in [3.05, 3.63) is 99.2 Å². The van der Waals surface area contributed by atoms with Gasteiger partial charge in [0.25, 0.3) is 5.56 Å². The van der Waals surface area contributed by atoms with E-state index in [2.05, 4.69) is 6.92 Å². The van der Waals surface area contributed by atoms with Crippen molar-refractivity contribution in [2.75, 3.05) is 0 Å². The molecule has 2 aromatic heterocycles. The summed E-state index contributed by atoms with van der Waals surface area (Å²) in [7, 11) is 0. The highest BCUT2D eigenvalue weighted by Crippen LogP contribution is 2.18. The summed E-state index contributed by atoms with van der Waals surface area (Å²) in [5.74, 6) is -1.16. The van der Waals surface area contributed by atoms with Gasteiger partial charge in [0.05, 0.1) is 23.2 Å². The second kappa shape index (κ2) is 9.74. The fraction of sp³-hybridized carbons (Fsp3) is 0.231. The lowest BCUT2D eigenvalue weighted by molar-refractivity contribution is 0.0686. The Labute approximate surface area is 195 Å². The third-order valence-electron chi connectivity index (χ3n) is 5.80. The van der Waals surface area contributed by atoms with Gasteiger partial charge in [-0.15, -0.1) is 0 Å². The molecule has 0 bridgehead atoms. The lowest BCUT2D eigenvalue weighted by atomic mass is 10.1. The molecule has 8 heteroatoms. The van der Waals surface area contributed by atoms with Crippen molar-refractivity contribution in [3.63, 3.8) is 0 Å². The molecule has 0 radical (unpaired) electrons. The number of carbonyl (C=O) groups is 2. The first-order valence-corrected chi connectivity index (χ1v) is 11.1. The number of imidazole rings is 1. The molecule has 2 aromatic carbocycles. The van der Waals surface area contributed by atoms with Gasteiger partial charge in [-0.2, -0.15) is 0 Å². The SMILES string of the molecule is CCCCc1nc2ccn(Cc3ccc(C(=O)O)cc3)c(=O)c2n1Cc1ccc(C(=O)O)cc1. The fourth-order valence-corrected chi connectivity index (χ4v) is 3.93. The highest BCUT2D eigenvalue weighted by molar-refractivity contribution is 5.88. The Balaban J connectivity index is 1.73. The van der Waals surface area contributed by atoms with Gasteiger partial charge >= 0.3 is 11.9 Å². The Kier molecular flexibility index (Phi) is 6.58. The highest BCUT2D eigenvalue weighted by Gasteiger charge is 2.16. The molecule has 2 N–H and O–H groups in total. The zero-order valence-electron chi connectivity index (χ0n) is 18.8. The predicted octanol–water partition coefficient (Wildman–Crippen LogP) is 4.03. The summed E-state index contributed by atoms with van der Waals surface area (Å²) in [6.45, 7) is 2.81. The van der Waals surface area contributed by atoms with Gasteiger partial charge in [-0.1, -0.05) is 37.6 Å². The van der Waals surface area contributed by atoms with Gasteiger partial charge in [0.15, 0.2) is 0 Å². The first kappa shape index (κ1) is 23.0. The van der Waals surface area contributed by atoms with Gasteiger partial charge in [0, 0.05) is 19.2 Å². The average molecular weight is 460 g/mol. The minimum absolute atomic E-state index is 0.183. The largest absolute Gasteiger partial charge is 0.478 e. The van der Waals surface area contributed by atoms with Crippen LogP contribution < -0.4 is 5.56 Å². The number of aryl methyl sites for hydroxylation is 1. The second-order valence-electron chi connectivity index (χ2n) is 8.20. The fourth-order valence-electron chi connectivity index (χ4n) is 3.93. The van der Waals surface area contributed by atoms with E-state index in [0.717, 1.165) is 36.2 Å². The number of benzene rings is 2. The molecule has 174 valence electrons. The first-order chi connectivity index (χ1) is 16.4. The van der Waals surface area contributed by atoms with Crippen LogP contribution in [0.2, 0.25) is 0 Å². The van der Waals surface area contributed by atoms with Crippen LogP contribution in [0.25, 0.3) is 11.0 Å². The molecule has 0 saturated carbocycles. The Morgan fingerprint density at radius 3 is 1.94 bits per heavy atom. The molecule has 0 amide bonds. The monoisotopic (exact) mass is 459 g/mol. The van der Waals surface area contributed by atoms with Gasteiger partial charge < -0.3 is 19.3 Å². The average Bonchev–Trinajstić information content (AvgIpc) is 3.18. The summed E-state index contributed by atoms with van der Waals surface area (Å²) >= 11 is 0. The number of unbranched alkanes of at least 4 members (excludes halogenated alkanes) is 1. The number of nitrogens with zero attached hydrogens (tertiary/aromatic N) is 3. The van der Waals surface area contributed by atoms with Gasteiger partial charge in [0.2, 0.25) is 0 Å². The Bertz CT molecular complexity index is 1400. The normalized spacial score (nSPS) is 11.1. The summed E-state index contributed by atoms with van der Waals surface area (Å²) in [6, 6.07) is 14.9. The number of fused-ring (bicyclic) bond motifs is 1. The maximum atomic E-state index is 13.5. The van der Waals surface area contributed by atoms with Crippen molar-refractivity contribution in [2.24, 2.45) is 0 Å². The van der Waals surface area contributed by atoms with E-state index in [0.29, 0.717) is 24.1 Å². The highest BCUT2D eigenvalue weighted by atomic mass is 16.4. The van der Waals surface area contributed by atoms with Crippen molar-refractivity contribution in [3.8, 4) is 0 Å². The Morgan fingerprint density at radius 2 is 1.41 bits per heavy atom. The summed E-state index contributed by atoms with van der Waals surface area (Å²) in [6.07, 6.45) is 4.37. The molecular weight excluding hydrogens is 434 g/mol.